The highest BCUT2D eigenvalue weighted by atomic mass is 14.7. The normalized spacial score (nSPS) is 13.4. The van der Waals surface area contributed by atoms with E-state index in [1.165, 1.54) is 44.2 Å². The minimum Gasteiger partial charge on any atom is -0.256 e. The van der Waals surface area contributed by atoms with Crippen LogP contribution in [-0.4, -0.2) is 9.97 Å². The lowest BCUT2D eigenvalue weighted by Gasteiger charge is -2.25. The molecule has 156 valence electrons. The summed E-state index contributed by atoms with van der Waals surface area (Å²) in [7, 11) is 0. The van der Waals surface area contributed by atoms with Gasteiger partial charge in [0.1, 0.15) is 0 Å². The van der Waals surface area contributed by atoms with E-state index in [0.29, 0.717) is 5.92 Å². The number of aryl methyl sites for hydroxylation is 1. The van der Waals surface area contributed by atoms with Crippen molar-refractivity contribution in [3.8, 4) is 22.5 Å². The molecule has 1 aliphatic carbocycles. The van der Waals surface area contributed by atoms with E-state index >= 15 is 0 Å². The molecular formula is C29H30N2. The van der Waals surface area contributed by atoms with Gasteiger partial charge in [-0.15, -0.1) is 0 Å². The molecule has 2 nitrogen and oxygen atoms in total. The molecule has 2 aromatic heterocycles. The lowest BCUT2D eigenvalue weighted by Crippen LogP contribution is -2.13. The molecule has 0 aliphatic heterocycles. The number of hydrogen-bond acceptors (Lipinski definition) is 2. The number of aromatic nitrogens is 2. The van der Waals surface area contributed by atoms with Crippen molar-refractivity contribution in [3.05, 3.63) is 83.2 Å². The van der Waals surface area contributed by atoms with E-state index in [9.17, 15) is 0 Å². The van der Waals surface area contributed by atoms with Crippen LogP contribution in [0.2, 0.25) is 0 Å². The first-order chi connectivity index (χ1) is 14.8. The Morgan fingerprint density at radius 3 is 2.45 bits per heavy atom. The molecule has 1 aliphatic rings. The van der Waals surface area contributed by atoms with Gasteiger partial charge >= 0.3 is 0 Å². The van der Waals surface area contributed by atoms with Crippen LogP contribution >= 0.6 is 0 Å². The molecule has 0 saturated heterocycles. The Hall–Kier alpha value is -3.00. The molecule has 0 fully saturated rings. The molecule has 2 aromatic carbocycles. The van der Waals surface area contributed by atoms with Gasteiger partial charge in [-0.05, 0) is 75.4 Å². The van der Waals surface area contributed by atoms with Gasteiger partial charge in [-0.2, -0.15) is 0 Å². The van der Waals surface area contributed by atoms with Crippen LogP contribution in [-0.2, 0) is 18.3 Å². The van der Waals surface area contributed by atoms with Crippen molar-refractivity contribution in [2.24, 2.45) is 0 Å². The average Bonchev–Trinajstić information content (AvgIpc) is 2.76. The second-order valence-electron chi connectivity index (χ2n) is 10.1. The van der Waals surface area contributed by atoms with Gasteiger partial charge in [-0.3, -0.25) is 9.97 Å². The number of fused-ring (bicyclic) bond motifs is 4. The van der Waals surface area contributed by atoms with E-state index < -0.39 is 0 Å². The summed E-state index contributed by atoms with van der Waals surface area (Å²) < 4.78 is 0. The number of nitrogens with zero attached hydrogens (tertiary/aromatic N) is 2. The number of pyridine rings is 2. The summed E-state index contributed by atoms with van der Waals surface area (Å²) in [4.78, 5) is 9.78. The van der Waals surface area contributed by atoms with Crippen LogP contribution in [0.5, 0.6) is 0 Å². The third kappa shape index (κ3) is 3.44. The summed E-state index contributed by atoms with van der Waals surface area (Å²) in [5.41, 5.74) is 10.1. The zero-order chi connectivity index (χ0) is 21.8. The van der Waals surface area contributed by atoms with Crippen LogP contribution in [0.1, 0.15) is 62.8 Å². The van der Waals surface area contributed by atoms with Crippen molar-refractivity contribution in [2.45, 2.75) is 58.8 Å². The summed E-state index contributed by atoms with van der Waals surface area (Å²) in [6, 6.07) is 17.9. The molecular weight excluding hydrogens is 376 g/mol. The molecule has 5 rings (SSSR count). The molecule has 0 amide bonds. The molecule has 0 spiro atoms. The van der Waals surface area contributed by atoms with E-state index in [2.05, 4.69) is 83.1 Å². The van der Waals surface area contributed by atoms with E-state index in [-0.39, 0.29) is 5.41 Å². The van der Waals surface area contributed by atoms with Crippen LogP contribution in [0.15, 0.2) is 60.9 Å². The smallest absolute Gasteiger partial charge is 0.0741 e. The second-order valence-corrected chi connectivity index (χ2v) is 10.1. The van der Waals surface area contributed by atoms with Crippen molar-refractivity contribution in [2.75, 3.05) is 0 Å². The van der Waals surface area contributed by atoms with Gasteiger partial charge in [0.25, 0.3) is 0 Å². The SMILES string of the molecule is CC(C)c1cnc2c(c1)CCc1c-2ccnc1-c1cc(C(C)(C)C)c2ccccc2c1. The minimum atomic E-state index is 0.0614. The first kappa shape index (κ1) is 19.9. The van der Waals surface area contributed by atoms with Gasteiger partial charge in [0.2, 0.25) is 0 Å². The second kappa shape index (κ2) is 7.30. The maximum absolute atomic E-state index is 4.90. The lowest BCUT2D eigenvalue weighted by atomic mass is 9.81. The fourth-order valence-electron chi connectivity index (χ4n) is 4.82. The van der Waals surface area contributed by atoms with Gasteiger partial charge in [-0.1, -0.05) is 65.0 Å². The zero-order valence-corrected chi connectivity index (χ0v) is 19.2. The Bertz CT molecular complexity index is 1290. The Labute approximate surface area is 185 Å². The van der Waals surface area contributed by atoms with Crippen LogP contribution in [0.3, 0.4) is 0 Å². The van der Waals surface area contributed by atoms with Crippen molar-refractivity contribution in [3.63, 3.8) is 0 Å². The quantitative estimate of drug-likeness (QED) is 0.345. The van der Waals surface area contributed by atoms with E-state index in [1.807, 2.05) is 12.4 Å². The molecule has 4 aromatic rings. The third-order valence-electron chi connectivity index (χ3n) is 6.55. The Morgan fingerprint density at radius 2 is 1.68 bits per heavy atom. The molecule has 0 unspecified atom stereocenters. The van der Waals surface area contributed by atoms with Crippen molar-refractivity contribution in [1.29, 1.82) is 0 Å². The summed E-state index contributed by atoms with van der Waals surface area (Å²) in [6.45, 7) is 11.3. The van der Waals surface area contributed by atoms with E-state index in [4.69, 9.17) is 9.97 Å². The van der Waals surface area contributed by atoms with Crippen LogP contribution in [0.25, 0.3) is 33.3 Å². The van der Waals surface area contributed by atoms with Crippen LogP contribution in [0, 0.1) is 0 Å². The highest BCUT2D eigenvalue weighted by Crippen LogP contribution is 2.40. The molecule has 0 saturated carbocycles. The van der Waals surface area contributed by atoms with E-state index in [0.717, 1.165) is 24.2 Å². The minimum absolute atomic E-state index is 0.0614. The third-order valence-corrected chi connectivity index (χ3v) is 6.55. The predicted octanol–water partition coefficient (Wildman–Crippen LogP) is 7.48. The van der Waals surface area contributed by atoms with Gasteiger partial charge in [0.05, 0.1) is 11.4 Å². The number of hydrogen-bond donors (Lipinski definition) is 0. The molecule has 2 heteroatoms. The maximum Gasteiger partial charge on any atom is 0.0741 e. The van der Waals surface area contributed by atoms with Gasteiger partial charge in [0, 0.05) is 23.5 Å². The monoisotopic (exact) mass is 406 g/mol. The fraction of sp³-hybridized carbons (Fsp3) is 0.310. The zero-order valence-electron chi connectivity index (χ0n) is 19.2. The average molecular weight is 407 g/mol. The standard InChI is InChI=1S/C29H30N2/c1-18(2)22-15-20-10-11-24-25(27(20)31-17-22)12-13-30-28(24)21-14-19-8-6-7-9-23(19)26(16-21)29(3,4)5/h6-9,12-18H,10-11H2,1-5H3. The maximum atomic E-state index is 4.90. The first-order valence-electron chi connectivity index (χ1n) is 11.3. The van der Waals surface area contributed by atoms with Gasteiger partial charge in [0.15, 0.2) is 0 Å². The molecule has 31 heavy (non-hydrogen) atoms. The molecule has 2 heterocycles. The highest BCUT2D eigenvalue weighted by molar-refractivity contribution is 5.92. The Kier molecular flexibility index (Phi) is 4.69. The molecule has 0 N–H and O–H groups in total. The van der Waals surface area contributed by atoms with Gasteiger partial charge < -0.3 is 0 Å². The Morgan fingerprint density at radius 1 is 0.871 bits per heavy atom. The first-order valence-corrected chi connectivity index (χ1v) is 11.3. The summed E-state index contributed by atoms with van der Waals surface area (Å²) >= 11 is 0. The number of benzene rings is 2. The highest BCUT2D eigenvalue weighted by Gasteiger charge is 2.24. The van der Waals surface area contributed by atoms with Crippen molar-refractivity contribution < 1.29 is 0 Å². The lowest BCUT2D eigenvalue weighted by molar-refractivity contribution is 0.596. The molecule has 0 bridgehead atoms. The summed E-state index contributed by atoms with van der Waals surface area (Å²) in [5.74, 6) is 0.501. The molecule has 0 atom stereocenters. The van der Waals surface area contributed by atoms with Crippen LogP contribution < -0.4 is 0 Å². The van der Waals surface area contributed by atoms with Crippen molar-refractivity contribution >= 4 is 10.8 Å². The predicted molar refractivity (Wildman–Crippen MR) is 131 cm³/mol. The summed E-state index contributed by atoms with van der Waals surface area (Å²) in [6.07, 6.45) is 6.03. The van der Waals surface area contributed by atoms with E-state index in [1.54, 1.807) is 0 Å². The van der Waals surface area contributed by atoms with Crippen molar-refractivity contribution in [1.82, 2.24) is 9.97 Å². The topological polar surface area (TPSA) is 25.8 Å². The van der Waals surface area contributed by atoms with Gasteiger partial charge in [-0.25, -0.2) is 0 Å². The fourth-order valence-corrected chi connectivity index (χ4v) is 4.82. The molecule has 0 radical (unpaired) electrons. The largest absolute Gasteiger partial charge is 0.256 e. The Balaban J connectivity index is 1.71. The number of rotatable bonds is 2. The van der Waals surface area contributed by atoms with Crippen LogP contribution in [0.4, 0.5) is 0 Å². The summed E-state index contributed by atoms with van der Waals surface area (Å²) in [5, 5.41) is 2.61.